The van der Waals surface area contributed by atoms with Crippen LogP contribution in [0.5, 0.6) is 0 Å². The van der Waals surface area contributed by atoms with Gasteiger partial charge in [0.2, 0.25) is 6.08 Å². The molecule has 4 nitrogen and oxygen atoms in total. The van der Waals surface area contributed by atoms with Crippen molar-refractivity contribution in [3.63, 3.8) is 0 Å². The predicted molar refractivity (Wildman–Crippen MR) is 48.9 cm³/mol. The first kappa shape index (κ1) is 9.64. The molecule has 66 valence electrons. The number of rotatable bonds is 2. The van der Waals surface area contributed by atoms with Gasteiger partial charge in [-0.2, -0.15) is 4.99 Å². The SMILES string of the molecule is O=C=Nc1cccc(C(=O)O)c1Br. The molecule has 0 aliphatic rings. The van der Waals surface area contributed by atoms with Gasteiger partial charge in [0.15, 0.2) is 0 Å². The number of carboxylic acids is 1. The molecule has 0 aliphatic heterocycles. The minimum absolute atomic E-state index is 0.0662. The third kappa shape index (κ3) is 2.02. The van der Waals surface area contributed by atoms with Crippen LogP contribution in [-0.2, 0) is 4.79 Å². The highest BCUT2D eigenvalue weighted by Gasteiger charge is 2.10. The third-order valence-corrected chi connectivity index (χ3v) is 2.21. The fraction of sp³-hybridized carbons (Fsp3) is 0. The molecule has 0 heterocycles. The van der Waals surface area contributed by atoms with E-state index in [4.69, 9.17) is 5.11 Å². The zero-order chi connectivity index (χ0) is 9.84. The zero-order valence-corrected chi connectivity index (χ0v) is 7.91. The average molecular weight is 242 g/mol. The standard InChI is InChI=1S/C8H4BrNO3/c9-7-5(8(12)13)2-1-3-6(7)10-4-11/h1-3H,(H,12,13). The Morgan fingerprint density at radius 2 is 2.23 bits per heavy atom. The first-order chi connectivity index (χ1) is 6.16. The fourth-order valence-electron chi connectivity index (χ4n) is 0.820. The second kappa shape index (κ2) is 3.98. The Morgan fingerprint density at radius 3 is 2.77 bits per heavy atom. The van der Waals surface area contributed by atoms with E-state index >= 15 is 0 Å². The maximum atomic E-state index is 10.6. The molecule has 1 aromatic carbocycles. The summed E-state index contributed by atoms with van der Waals surface area (Å²) in [4.78, 5) is 23.9. The number of nitrogens with zero attached hydrogens (tertiary/aromatic N) is 1. The van der Waals surface area contributed by atoms with Crippen molar-refractivity contribution in [2.75, 3.05) is 0 Å². The van der Waals surface area contributed by atoms with Gasteiger partial charge in [0.1, 0.15) is 0 Å². The van der Waals surface area contributed by atoms with Crippen LogP contribution in [0.15, 0.2) is 27.7 Å². The summed E-state index contributed by atoms with van der Waals surface area (Å²) < 4.78 is 0.283. The van der Waals surface area contributed by atoms with Gasteiger partial charge in [-0.05, 0) is 28.1 Å². The highest BCUT2D eigenvalue weighted by Crippen LogP contribution is 2.28. The number of carboxylic acid groups (broad SMARTS) is 1. The fourth-order valence-corrected chi connectivity index (χ4v) is 1.34. The molecule has 0 spiro atoms. The topological polar surface area (TPSA) is 66.7 Å². The first-order valence-electron chi connectivity index (χ1n) is 3.26. The molecule has 0 amide bonds. The monoisotopic (exact) mass is 241 g/mol. The minimum Gasteiger partial charge on any atom is -0.478 e. The summed E-state index contributed by atoms with van der Waals surface area (Å²) in [7, 11) is 0. The van der Waals surface area contributed by atoms with Crippen LogP contribution in [0.1, 0.15) is 10.4 Å². The molecule has 0 aliphatic carbocycles. The van der Waals surface area contributed by atoms with Crippen molar-refractivity contribution >= 4 is 33.7 Å². The van der Waals surface area contributed by atoms with Crippen LogP contribution < -0.4 is 0 Å². The normalized spacial score (nSPS) is 9.00. The summed E-state index contributed by atoms with van der Waals surface area (Å²) in [6.45, 7) is 0. The van der Waals surface area contributed by atoms with Crippen molar-refractivity contribution in [3.8, 4) is 0 Å². The van der Waals surface area contributed by atoms with E-state index in [0.29, 0.717) is 0 Å². The molecule has 0 saturated heterocycles. The molecule has 0 saturated carbocycles. The smallest absolute Gasteiger partial charge is 0.336 e. The van der Waals surface area contributed by atoms with Crippen LogP contribution in [0.3, 0.4) is 0 Å². The van der Waals surface area contributed by atoms with Gasteiger partial charge < -0.3 is 5.11 Å². The number of carbonyl (C=O) groups is 1. The van der Waals surface area contributed by atoms with E-state index in [1.54, 1.807) is 0 Å². The van der Waals surface area contributed by atoms with E-state index in [1.807, 2.05) is 0 Å². The van der Waals surface area contributed by atoms with Gasteiger partial charge >= 0.3 is 5.97 Å². The number of aliphatic imine (C=N–C) groups is 1. The van der Waals surface area contributed by atoms with Crippen LogP contribution >= 0.6 is 15.9 Å². The molecular weight excluding hydrogens is 238 g/mol. The number of hydrogen-bond acceptors (Lipinski definition) is 3. The number of halogens is 1. The van der Waals surface area contributed by atoms with E-state index in [9.17, 15) is 9.59 Å². The van der Waals surface area contributed by atoms with E-state index in [0.717, 1.165) is 0 Å². The average Bonchev–Trinajstić information content (AvgIpc) is 2.08. The van der Waals surface area contributed by atoms with Gasteiger partial charge in [0, 0.05) is 0 Å². The summed E-state index contributed by atoms with van der Waals surface area (Å²) >= 11 is 3.03. The van der Waals surface area contributed by atoms with Gasteiger partial charge in [-0.25, -0.2) is 9.59 Å². The highest BCUT2D eigenvalue weighted by molar-refractivity contribution is 9.10. The van der Waals surface area contributed by atoms with Crippen LogP contribution in [0, 0.1) is 0 Å². The van der Waals surface area contributed by atoms with Crippen molar-refractivity contribution < 1.29 is 14.7 Å². The molecule has 0 radical (unpaired) electrons. The maximum absolute atomic E-state index is 10.6. The molecule has 1 rings (SSSR count). The van der Waals surface area contributed by atoms with Crippen LogP contribution in [0.25, 0.3) is 0 Å². The second-order valence-electron chi connectivity index (χ2n) is 2.15. The van der Waals surface area contributed by atoms with E-state index in [-0.39, 0.29) is 15.7 Å². The van der Waals surface area contributed by atoms with Crippen molar-refractivity contribution in [2.45, 2.75) is 0 Å². The van der Waals surface area contributed by atoms with Gasteiger partial charge in [-0.3, -0.25) is 0 Å². The second-order valence-corrected chi connectivity index (χ2v) is 2.94. The summed E-state index contributed by atoms with van der Waals surface area (Å²) in [6.07, 6.45) is 1.34. The quantitative estimate of drug-likeness (QED) is 0.637. The van der Waals surface area contributed by atoms with Crippen LogP contribution in [0.2, 0.25) is 0 Å². The summed E-state index contributed by atoms with van der Waals surface area (Å²) in [5.74, 6) is -1.07. The van der Waals surface area contributed by atoms with Crippen LogP contribution in [-0.4, -0.2) is 17.2 Å². The molecule has 0 unspecified atom stereocenters. The largest absolute Gasteiger partial charge is 0.478 e. The third-order valence-electron chi connectivity index (χ3n) is 1.37. The molecule has 0 bridgehead atoms. The van der Waals surface area contributed by atoms with Crippen molar-refractivity contribution in [1.29, 1.82) is 0 Å². The lowest BCUT2D eigenvalue weighted by Crippen LogP contribution is -1.96. The summed E-state index contributed by atoms with van der Waals surface area (Å²) in [5.41, 5.74) is 0.325. The first-order valence-corrected chi connectivity index (χ1v) is 4.06. The molecule has 0 aromatic heterocycles. The predicted octanol–water partition coefficient (Wildman–Crippen LogP) is 2.11. The molecule has 1 N–H and O–H groups in total. The molecule has 13 heavy (non-hydrogen) atoms. The van der Waals surface area contributed by atoms with Crippen molar-refractivity contribution in [3.05, 3.63) is 28.2 Å². The van der Waals surface area contributed by atoms with Crippen molar-refractivity contribution in [2.24, 2.45) is 4.99 Å². The van der Waals surface area contributed by atoms with E-state index in [2.05, 4.69) is 20.9 Å². The summed E-state index contributed by atoms with van der Waals surface area (Å²) in [5, 5.41) is 8.69. The Bertz CT molecular complexity index is 376. The molecule has 0 fully saturated rings. The Balaban J connectivity index is 3.34. The lowest BCUT2D eigenvalue weighted by molar-refractivity contribution is 0.0696. The Kier molecular flexibility index (Phi) is 2.95. The maximum Gasteiger partial charge on any atom is 0.336 e. The van der Waals surface area contributed by atoms with Gasteiger partial charge in [0.25, 0.3) is 0 Å². The molecular formula is C8H4BrNO3. The lowest BCUT2D eigenvalue weighted by atomic mass is 10.2. The Hall–Kier alpha value is -1.45. The minimum atomic E-state index is -1.07. The molecule has 5 heteroatoms. The van der Waals surface area contributed by atoms with Gasteiger partial charge in [0.05, 0.1) is 15.7 Å². The van der Waals surface area contributed by atoms with E-state index in [1.165, 1.54) is 24.3 Å². The Morgan fingerprint density at radius 1 is 1.54 bits per heavy atom. The molecule has 1 aromatic rings. The molecule has 0 atom stereocenters. The van der Waals surface area contributed by atoms with E-state index < -0.39 is 5.97 Å². The summed E-state index contributed by atoms with van der Waals surface area (Å²) in [6, 6.07) is 4.43. The zero-order valence-electron chi connectivity index (χ0n) is 6.32. The number of isocyanates is 1. The van der Waals surface area contributed by atoms with Crippen LogP contribution in [0.4, 0.5) is 5.69 Å². The van der Waals surface area contributed by atoms with Gasteiger partial charge in [-0.15, -0.1) is 0 Å². The van der Waals surface area contributed by atoms with Gasteiger partial charge in [-0.1, -0.05) is 6.07 Å². The number of hydrogen-bond donors (Lipinski definition) is 1. The Labute approximate surface area is 82.0 Å². The number of benzene rings is 1. The lowest BCUT2D eigenvalue weighted by Gasteiger charge is -1.99. The highest BCUT2D eigenvalue weighted by atomic mass is 79.9. The number of aromatic carboxylic acids is 1. The van der Waals surface area contributed by atoms with Crippen molar-refractivity contribution in [1.82, 2.24) is 0 Å². The number of carbonyl (C=O) groups excluding carboxylic acids is 1.